The van der Waals surface area contributed by atoms with Crippen molar-refractivity contribution in [3.05, 3.63) is 58.1 Å². The van der Waals surface area contributed by atoms with E-state index in [1.807, 2.05) is 0 Å². The van der Waals surface area contributed by atoms with Crippen LogP contribution in [-0.2, 0) is 6.54 Å². The van der Waals surface area contributed by atoms with Crippen LogP contribution < -0.4 is 10.2 Å². The van der Waals surface area contributed by atoms with E-state index in [2.05, 4.69) is 75.5 Å². The van der Waals surface area contributed by atoms with Gasteiger partial charge in [-0.15, -0.1) is 0 Å². The van der Waals surface area contributed by atoms with Gasteiger partial charge in [0.05, 0.1) is 0 Å². The number of nitrogens with one attached hydrogen (secondary N) is 1. The lowest BCUT2D eigenvalue weighted by atomic mass is 10.2. The zero-order chi connectivity index (χ0) is 14.7. The number of rotatable bonds is 4. The average Bonchev–Trinajstić information content (AvgIpc) is 2.99. The molecule has 110 valence electrons. The fraction of sp³-hybridized carbons (Fsp3) is 0.333. The number of halogens is 1. The van der Waals surface area contributed by atoms with E-state index in [-0.39, 0.29) is 0 Å². The SMILES string of the molecule is Cc1cc(Br)cc(NCc2ccc(N3CCCC3)cc2)c1. The number of benzene rings is 2. The summed E-state index contributed by atoms with van der Waals surface area (Å²) in [6.07, 6.45) is 2.65. The maximum absolute atomic E-state index is 3.54. The summed E-state index contributed by atoms with van der Waals surface area (Å²) in [7, 11) is 0. The summed E-state index contributed by atoms with van der Waals surface area (Å²) in [6.45, 7) is 5.38. The third-order valence-electron chi connectivity index (χ3n) is 3.95. The molecule has 0 unspecified atom stereocenters. The Kier molecular flexibility index (Phi) is 4.49. The first-order chi connectivity index (χ1) is 10.2. The van der Waals surface area contributed by atoms with Crippen LogP contribution in [0.25, 0.3) is 0 Å². The molecule has 21 heavy (non-hydrogen) atoms. The quantitative estimate of drug-likeness (QED) is 0.842. The maximum atomic E-state index is 3.54. The first kappa shape index (κ1) is 14.5. The van der Waals surface area contributed by atoms with Crippen LogP contribution in [0.2, 0.25) is 0 Å². The van der Waals surface area contributed by atoms with Gasteiger partial charge in [0.1, 0.15) is 0 Å². The lowest BCUT2D eigenvalue weighted by Gasteiger charge is -2.18. The standard InChI is InChI=1S/C18H21BrN2/c1-14-10-16(19)12-17(11-14)20-13-15-4-6-18(7-5-15)21-8-2-3-9-21/h4-7,10-12,20H,2-3,8-9,13H2,1H3. The van der Waals surface area contributed by atoms with E-state index >= 15 is 0 Å². The Hall–Kier alpha value is -1.48. The van der Waals surface area contributed by atoms with Crippen molar-refractivity contribution in [1.82, 2.24) is 0 Å². The molecule has 0 atom stereocenters. The highest BCUT2D eigenvalue weighted by Gasteiger charge is 2.11. The predicted molar refractivity (Wildman–Crippen MR) is 94.1 cm³/mol. The van der Waals surface area contributed by atoms with Crippen LogP contribution >= 0.6 is 15.9 Å². The first-order valence-electron chi connectivity index (χ1n) is 7.56. The summed E-state index contributed by atoms with van der Waals surface area (Å²) in [4.78, 5) is 2.47. The van der Waals surface area contributed by atoms with Gasteiger partial charge in [0, 0.05) is 35.5 Å². The molecule has 0 spiro atoms. The minimum Gasteiger partial charge on any atom is -0.381 e. The third-order valence-corrected chi connectivity index (χ3v) is 4.40. The molecule has 3 rings (SSSR count). The molecule has 1 heterocycles. The zero-order valence-corrected chi connectivity index (χ0v) is 14.0. The molecular weight excluding hydrogens is 324 g/mol. The van der Waals surface area contributed by atoms with Crippen molar-refractivity contribution in [2.24, 2.45) is 0 Å². The average molecular weight is 345 g/mol. The van der Waals surface area contributed by atoms with Gasteiger partial charge in [0.15, 0.2) is 0 Å². The van der Waals surface area contributed by atoms with Crippen molar-refractivity contribution in [3.8, 4) is 0 Å². The molecule has 0 amide bonds. The molecule has 0 radical (unpaired) electrons. The lowest BCUT2D eigenvalue weighted by molar-refractivity contribution is 0.949. The Labute approximate surface area is 135 Å². The molecule has 1 fully saturated rings. The molecule has 3 heteroatoms. The van der Waals surface area contributed by atoms with Crippen molar-refractivity contribution in [2.75, 3.05) is 23.3 Å². The van der Waals surface area contributed by atoms with E-state index < -0.39 is 0 Å². The van der Waals surface area contributed by atoms with Gasteiger partial charge in [0.2, 0.25) is 0 Å². The molecular formula is C18H21BrN2. The van der Waals surface area contributed by atoms with Crippen LogP contribution in [0.5, 0.6) is 0 Å². The molecule has 0 bridgehead atoms. The molecule has 1 N–H and O–H groups in total. The summed E-state index contributed by atoms with van der Waals surface area (Å²) >= 11 is 3.54. The summed E-state index contributed by atoms with van der Waals surface area (Å²) < 4.78 is 1.12. The molecule has 1 saturated heterocycles. The topological polar surface area (TPSA) is 15.3 Å². The summed E-state index contributed by atoms with van der Waals surface area (Å²) in [5.41, 5.74) is 5.09. The Bertz CT molecular complexity index is 581. The van der Waals surface area contributed by atoms with Crippen LogP contribution in [0.4, 0.5) is 11.4 Å². The molecule has 1 aliphatic rings. The lowest BCUT2D eigenvalue weighted by Crippen LogP contribution is -2.17. The zero-order valence-electron chi connectivity index (χ0n) is 12.4. The van der Waals surface area contributed by atoms with Gasteiger partial charge in [-0.1, -0.05) is 28.1 Å². The molecule has 1 aliphatic heterocycles. The Balaban J connectivity index is 1.62. The van der Waals surface area contributed by atoms with Gasteiger partial charge >= 0.3 is 0 Å². The van der Waals surface area contributed by atoms with Crippen molar-refractivity contribution in [2.45, 2.75) is 26.3 Å². The number of anilines is 2. The van der Waals surface area contributed by atoms with E-state index in [9.17, 15) is 0 Å². The highest BCUT2D eigenvalue weighted by molar-refractivity contribution is 9.10. The maximum Gasteiger partial charge on any atom is 0.0400 e. The van der Waals surface area contributed by atoms with E-state index in [1.165, 1.54) is 42.7 Å². The Morgan fingerprint density at radius 2 is 1.76 bits per heavy atom. The smallest absolute Gasteiger partial charge is 0.0400 e. The minimum atomic E-state index is 0.857. The molecule has 0 aromatic heterocycles. The van der Waals surface area contributed by atoms with E-state index in [0.29, 0.717) is 0 Å². The minimum absolute atomic E-state index is 0.857. The number of aryl methyl sites for hydroxylation is 1. The highest BCUT2D eigenvalue weighted by Crippen LogP contribution is 2.22. The molecule has 0 saturated carbocycles. The van der Waals surface area contributed by atoms with Crippen LogP contribution in [0.1, 0.15) is 24.0 Å². The van der Waals surface area contributed by atoms with Crippen molar-refractivity contribution in [1.29, 1.82) is 0 Å². The second kappa shape index (κ2) is 6.52. The van der Waals surface area contributed by atoms with Gasteiger partial charge in [-0.05, 0) is 61.2 Å². The van der Waals surface area contributed by atoms with E-state index in [0.717, 1.165) is 16.7 Å². The van der Waals surface area contributed by atoms with Crippen LogP contribution in [0.3, 0.4) is 0 Å². The largest absolute Gasteiger partial charge is 0.381 e. The van der Waals surface area contributed by atoms with E-state index in [1.54, 1.807) is 0 Å². The third kappa shape index (κ3) is 3.79. The van der Waals surface area contributed by atoms with Crippen molar-refractivity contribution in [3.63, 3.8) is 0 Å². The summed E-state index contributed by atoms with van der Waals surface area (Å²) in [6, 6.07) is 15.4. The second-order valence-electron chi connectivity index (χ2n) is 5.73. The van der Waals surface area contributed by atoms with Gasteiger partial charge < -0.3 is 10.2 Å². The monoisotopic (exact) mass is 344 g/mol. The molecule has 2 aromatic carbocycles. The second-order valence-corrected chi connectivity index (χ2v) is 6.65. The van der Waals surface area contributed by atoms with Gasteiger partial charge in [-0.3, -0.25) is 0 Å². The van der Waals surface area contributed by atoms with E-state index in [4.69, 9.17) is 0 Å². The number of hydrogen-bond donors (Lipinski definition) is 1. The van der Waals surface area contributed by atoms with Gasteiger partial charge in [-0.2, -0.15) is 0 Å². The molecule has 2 aromatic rings. The number of nitrogens with zero attached hydrogens (tertiary/aromatic N) is 1. The Morgan fingerprint density at radius 1 is 1.05 bits per heavy atom. The summed E-state index contributed by atoms with van der Waals surface area (Å²) in [5.74, 6) is 0. The van der Waals surface area contributed by atoms with Crippen molar-refractivity contribution < 1.29 is 0 Å². The predicted octanol–water partition coefficient (Wildman–Crippen LogP) is 4.97. The fourth-order valence-corrected chi connectivity index (χ4v) is 3.45. The summed E-state index contributed by atoms with van der Waals surface area (Å²) in [5, 5.41) is 3.49. The van der Waals surface area contributed by atoms with Gasteiger partial charge in [-0.25, -0.2) is 0 Å². The highest BCUT2D eigenvalue weighted by atomic mass is 79.9. The molecule has 2 nitrogen and oxygen atoms in total. The number of hydrogen-bond acceptors (Lipinski definition) is 2. The van der Waals surface area contributed by atoms with Crippen LogP contribution in [0.15, 0.2) is 46.9 Å². The fourth-order valence-electron chi connectivity index (χ4n) is 2.84. The normalized spacial score (nSPS) is 14.5. The van der Waals surface area contributed by atoms with Gasteiger partial charge in [0.25, 0.3) is 0 Å². The van der Waals surface area contributed by atoms with Crippen LogP contribution in [-0.4, -0.2) is 13.1 Å². The molecule has 0 aliphatic carbocycles. The Morgan fingerprint density at radius 3 is 2.43 bits per heavy atom. The van der Waals surface area contributed by atoms with Crippen molar-refractivity contribution >= 4 is 27.3 Å². The van der Waals surface area contributed by atoms with Crippen LogP contribution in [0, 0.1) is 6.92 Å². The first-order valence-corrected chi connectivity index (χ1v) is 8.35.